The number of para-hydroxylation sites is 2. The highest BCUT2D eigenvalue weighted by molar-refractivity contribution is 6.44. The lowest BCUT2D eigenvalue weighted by molar-refractivity contribution is 0.559. The van der Waals surface area contributed by atoms with Crippen molar-refractivity contribution in [2.45, 2.75) is 184 Å². The van der Waals surface area contributed by atoms with E-state index in [0.717, 1.165) is 74.5 Å². The van der Waals surface area contributed by atoms with Gasteiger partial charge in [-0.3, -0.25) is 52.2 Å². The van der Waals surface area contributed by atoms with Crippen molar-refractivity contribution in [1.82, 2.24) is 84.7 Å². The van der Waals surface area contributed by atoms with E-state index < -0.39 is 0 Å². The fourth-order valence-corrected chi connectivity index (χ4v) is 14.5. The van der Waals surface area contributed by atoms with Crippen LogP contribution in [0.3, 0.4) is 0 Å². The van der Waals surface area contributed by atoms with Crippen LogP contribution in [0.2, 0.25) is 60.3 Å². The van der Waals surface area contributed by atoms with E-state index in [1.54, 1.807) is 30.3 Å². The number of hydrogen-bond acceptors (Lipinski definition) is 25. The highest BCUT2D eigenvalue weighted by Gasteiger charge is 2.23. The molecule has 14 rings (SSSR count). The molecule has 0 saturated heterocycles. The molecular formula is C89H117Cl12N35. The van der Waals surface area contributed by atoms with Crippen molar-refractivity contribution in [2.24, 2.45) is 87.1 Å². The quantitative estimate of drug-likeness (QED) is 0.0355. The number of nitrogens with two attached hydrogens (primary N) is 3. The molecule has 0 fully saturated rings. The Labute approximate surface area is 854 Å². The maximum Gasteiger partial charge on any atom is 0.204 e. The van der Waals surface area contributed by atoms with E-state index in [9.17, 15) is 0 Å². The smallest absolute Gasteiger partial charge is 0.204 e. The van der Waals surface area contributed by atoms with Crippen LogP contribution in [0, 0.1) is 0 Å². The molecule has 7 aliphatic heterocycles. The first-order valence-corrected chi connectivity index (χ1v) is 47.8. The standard InChI is InChI=1S/C15H20Cl3N5.C14H19Cl2N5.C14H20ClN5.C13H18ClN5.C12H14Cl3N5.C11H14ClN5.C10H12ClN5/c1-8(2)20-15-22-9(3)21-14(23-15)19-5-4-10-6-12(17)13(18)7-11(10)16;1-9-18-13(20-14(19-9)21(2)3)17-7-6-10-4-5-11(15)12(16)8-10;1-9(2)17-14-19-10(3)18-13(20-14)16-8-11-6-4-5-7-12(11)15;1-8(2)15-12-16-9(3)17-13(19-12)18-11-7-5-4-6-10(11)14;1-6-18-11(16)20-12(19-6)17-3-2-7-4-9(14)10(15)5-8(7)13;1-7-15-10(13)17-11(16-7)14-6-8-4-2-3-5-9(8)12;1-6-13-9(12)16-10(14-6)15-8-5-3-2-4-7(8)11/h6-9H,4-5H2,1-3H3,(H3,19,20,21,22,23);4-5,8-9H,6-7H2,1-3H3,(H2,17,18,19,20);4-7,9-10H,8H2,1-3H3,(H3,16,17,18,19,20);4-9H,1-3H3,(H3,15,16,17,18,19);4-6H,2-3H2,1H3,(H4,16,17,18,19,20);2-5,7H,6H2,1H3,(H4,13,14,15,16,17);2-6H,1H3,(H4,12,13,14,15,16). The van der Waals surface area contributed by atoms with Crippen LogP contribution >= 0.6 is 139 Å². The van der Waals surface area contributed by atoms with E-state index in [1.807, 2.05) is 177 Å². The summed E-state index contributed by atoms with van der Waals surface area (Å²) in [5, 5.41) is 59.6. The van der Waals surface area contributed by atoms with Crippen LogP contribution in [0.5, 0.6) is 0 Å². The Morgan fingerprint density at radius 2 is 0.647 bits per heavy atom. The van der Waals surface area contributed by atoms with Crippen LogP contribution in [-0.4, -0.2) is 183 Å². The van der Waals surface area contributed by atoms with Gasteiger partial charge in [0.15, 0.2) is 65.6 Å². The van der Waals surface area contributed by atoms with E-state index in [4.69, 9.17) is 156 Å². The molecule has 7 aliphatic rings. The minimum atomic E-state index is -0.189. The lowest BCUT2D eigenvalue weighted by Crippen LogP contribution is -2.55. The fourth-order valence-electron chi connectivity index (χ4n) is 12.1. The predicted molar refractivity (Wildman–Crippen MR) is 575 cm³/mol. The monoisotopic (exact) mass is 2100 g/mol. The summed E-state index contributed by atoms with van der Waals surface area (Å²) in [6.07, 6.45) is 1.59. The molecule has 0 aromatic heterocycles. The summed E-state index contributed by atoms with van der Waals surface area (Å²) in [7, 11) is 3.88. The molecule has 7 aromatic carbocycles. The second-order valence-corrected chi connectivity index (χ2v) is 36.4. The Morgan fingerprint density at radius 3 is 1.06 bits per heavy atom. The molecule has 0 bridgehead atoms. The van der Waals surface area contributed by atoms with Gasteiger partial charge in [-0.05, 0) is 210 Å². The normalized spacial score (nSPS) is 19.9. The molecule has 0 aliphatic carbocycles. The van der Waals surface area contributed by atoms with Gasteiger partial charge >= 0.3 is 0 Å². The molecular weight excluding hydrogens is 1980 g/mol. The number of benzene rings is 7. The van der Waals surface area contributed by atoms with Gasteiger partial charge in [-0.1, -0.05) is 206 Å². The highest BCUT2D eigenvalue weighted by atomic mass is 35.5. The largest absolute Gasteiger partial charge is 0.370 e. The molecule has 0 saturated carbocycles. The lowest BCUT2D eigenvalue weighted by Gasteiger charge is -2.26. The van der Waals surface area contributed by atoms with Crippen molar-refractivity contribution in [3.63, 3.8) is 0 Å². The average molecular weight is 2100 g/mol. The summed E-state index contributed by atoms with van der Waals surface area (Å²) in [6, 6.07) is 43.7. The number of rotatable bonds is 18. The van der Waals surface area contributed by atoms with Gasteiger partial charge in [0.2, 0.25) is 17.9 Å². The third-order valence-electron chi connectivity index (χ3n) is 18.1. The molecule has 7 atom stereocenters. The molecule has 7 aromatic rings. The van der Waals surface area contributed by atoms with Gasteiger partial charge in [-0.2, -0.15) is 0 Å². The van der Waals surface area contributed by atoms with E-state index in [-0.39, 0.29) is 43.2 Å². The van der Waals surface area contributed by atoms with Gasteiger partial charge in [-0.25, -0.2) is 54.9 Å². The predicted octanol–water partition coefficient (Wildman–Crippen LogP) is 15.1. The topological polar surface area (TPSA) is 459 Å². The first-order valence-electron chi connectivity index (χ1n) is 43.2. The molecule has 35 nitrogen and oxygen atoms in total. The Balaban J connectivity index is 0.000000195. The van der Waals surface area contributed by atoms with Crippen molar-refractivity contribution in [1.29, 1.82) is 0 Å². The van der Waals surface area contributed by atoms with Gasteiger partial charge in [0.05, 0.1) is 64.6 Å². The van der Waals surface area contributed by atoms with Crippen LogP contribution < -0.4 is 108 Å². The van der Waals surface area contributed by atoms with E-state index in [1.165, 1.54) is 0 Å². The van der Waals surface area contributed by atoms with Crippen molar-refractivity contribution >= 4 is 234 Å². The zero-order chi connectivity index (χ0) is 99.2. The highest BCUT2D eigenvalue weighted by Crippen LogP contribution is 2.32. The molecule has 47 heteroatoms. The Kier molecular flexibility index (Phi) is 45.6. The molecule has 7 heterocycles. The van der Waals surface area contributed by atoms with Crippen molar-refractivity contribution < 1.29 is 0 Å². The molecule has 0 radical (unpaired) electrons. The minimum Gasteiger partial charge on any atom is -0.370 e. The number of guanidine groups is 14. The van der Waals surface area contributed by atoms with Gasteiger partial charge in [0.25, 0.3) is 0 Å². The average Bonchev–Trinajstić information content (AvgIpc) is 0.865. The van der Waals surface area contributed by atoms with E-state index in [2.05, 4.69) is 202 Å². The minimum absolute atomic E-state index is 0.00683. The van der Waals surface area contributed by atoms with Gasteiger partial charge < -0.3 is 75.3 Å². The summed E-state index contributed by atoms with van der Waals surface area (Å²) in [5.74, 6) is 8.57. The Morgan fingerprint density at radius 1 is 0.309 bits per heavy atom. The summed E-state index contributed by atoms with van der Waals surface area (Å²) in [6.45, 7) is 28.6. The van der Waals surface area contributed by atoms with E-state index in [0.29, 0.717) is 179 Å². The third-order valence-corrected chi connectivity index (χ3v) is 22.4. The zero-order valence-electron chi connectivity index (χ0n) is 77.7. The third kappa shape index (κ3) is 40.1. The first kappa shape index (κ1) is 111. The summed E-state index contributed by atoms with van der Waals surface area (Å²) >= 11 is 72.3. The summed E-state index contributed by atoms with van der Waals surface area (Å²) in [4.78, 5) is 62.6. The zero-order valence-corrected chi connectivity index (χ0v) is 86.8. The molecule has 23 N–H and O–H groups in total. The Hall–Kier alpha value is -10.8. The fraction of sp³-hybridized carbons (Fsp3) is 0.371. The van der Waals surface area contributed by atoms with Gasteiger partial charge in [-0.15, -0.1) is 0 Å². The van der Waals surface area contributed by atoms with Crippen molar-refractivity contribution in [2.75, 3.05) is 44.4 Å². The number of hydrogen-bond donors (Lipinski definition) is 20. The second-order valence-electron chi connectivity index (χ2n) is 31.5. The first-order chi connectivity index (χ1) is 64.6. The van der Waals surface area contributed by atoms with Crippen molar-refractivity contribution in [3.05, 3.63) is 228 Å². The SMILES string of the molecule is CC(C)NC1=NC(C)NC(=NCCc2cc(Cl)c(Cl)cc2Cl)N1.CC(C)NC1=NC(C)NC(=NCc2ccccc2Cl)N1.CC1N=C(N(C)C)NC(=NCCc2ccc(Cl)c(Cl)c2)N1.CC1N=C(N)NC(=NCCc2cc(Cl)c(Cl)cc2Cl)N1.CC1N=C(N)NC(=NCc2ccccc2Cl)N1.CC1N=C(N)NC(Nc2ccccc2Cl)=N1.CC1N=C(Nc2ccccc2Cl)NC(NC(C)C)=N1. The van der Waals surface area contributed by atoms with Crippen LogP contribution in [0.25, 0.3) is 0 Å². The molecule has 136 heavy (non-hydrogen) atoms. The number of halogens is 12. The van der Waals surface area contributed by atoms with E-state index >= 15 is 0 Å². The molecule has 732 valence electrons. The van der Waals surface area contributed by atoms with Crippen LogP contribution in [0.15, 0.2) is 209 Å². The van der Waals surface area contributed by atoms with Crippen LogP contribution in [0.1, 0.15) is 118 Å². The van der Waals surface area contributed by atoms with Crippen molar-refractivity contribution in [3.8, 4) is 0 Å². The molecule has 0 spiro atoms. The maximum atomic E-state index is 6.17. The van der Waals surface area contributed by atoms with Gasteiger partial charge in [0.1, 0.15) is 43.2 Å². The maximum absolute atomic E-state index is 6.17. The lowest BCUT2D eigenvalue weighted by atomic mass is 10.1. The van der Waals surface area contributed by atoms with Gasteiger partial charge in [0, 0.05) is 71.9 Å². The Bertz CT molecular complexity index is 5620. The van der Waals surface area contributed by atoms with Crippen LogP contribution in [-0.2, 0) is 32.4 Å². The summed E-state index contributed by atoms with van der Waals surface area (Å²) in [5.41, 5.74) is 23.3. The number of nitrogens with zero attached hydrogens (tertiary/aromatic N) is 15. The summed E-state index contributed by atoms with van der Waals surface area (Å²) < 4.78 is 0. The molecule has 0 amide bonds. The molecule has 7 unspecified atom stereocenters. The number of anilines is 2. The second kappa shape index (κ2) is 56.2. The number of aliphatic imine (C=N–C) groups is 14. The van der Waals surface area contributed by atoms with Crippen LogP contribution in [0.4, 0.5) is 11.4 Å². The number of nitrogens with one attached hydrogen (secondary N) is 17.